The molecule has 4 rings (SSSR count). The number of hydrogen-bond donors (Lipinski definition) is 2. The van der Waals surface area contributed by atoms with Gasteiger partial charge >= 0.3 is 18.4 Å². The highest BCUT2D eigenvalue weighted by molar-refractivity contribution is 6.09. The van der Waals surface area contributed by atoms with Crippen molar-refractivity contribution < 1.29 is 50.6 Å². The largest absolute Gasteiger partial charge is 0.491 e. The second kappa shape index (κ2) is 13.1. The van der Waals surface area contributed by atoms with Crippen molar-refractivity contribution in [2.45, 2.75) is 96.1 Å². The number of carbonyl (C=O) groups is 3. The zero-order valence-electron chi connectivity index (χ0n) is 27.5. The van der Waals surface area contributed by atoms with Crippen LogP contribution >= 0.6 is 0 Å². The van der Waals surface area contributed by atoms with Crippen molar-refractivity contribution in [1.82, 2.24) is 15.1 Å². The van der Waals surface area contributed by atoms with E-state index >= 15 is 0 Å². The summed E-state index contributed by atoms with van der Waals surface area (Å²) < 4.78 is 87.2. The summed E-state index contributed by atoms with van der Waals surface area (Å²) >= 11 is 0. The molecule has 0 aliphatic carbocycles. The van der Waals surface area contributed by atoms with E-state index in [0.717, 1.165) is 17.0 Å². The summed E-state index contributed by atoms with van der Waals surface area (Å²) in [5, 5.41) is 12.6. The molecule has 3 atom stereocenters. The zero-order chi connectivity index (χ0) is 36.0. The maximum Gasteiger partial charge on any atom is 0.430 e. The van der Waals surface area contributed by atoms with Crippen LogP contribution in [0.4, 0.5) is 36.8 Å². The number of piperazine rings is 1. The Kier molecular flexibility index (Phi) is 10.1. The summed E-state index contributed by atoms with van der Waals surface area (Å²) in [5.41, 5.74) is -6.73. The quantitative estimate of drug-likeness (QED) is 0.262. The van der Waals surface area contributed by atoms with Gasteiger partial charge in [0.1, 0.15) is 17.8 Å². The molecule has 4 amide bonds. The van der Waals surface area contributed by atoms with Gasteiger partial charge in [-0.2, -0.15) is 26.3 Å². The Morgan fingerprint density at radius 1 is 1.00 bits per heavy atom. The van der Waals surface area contributed by atoms with Gasteiger partial charge in [0.25, 0.3) is 11.5 Å². The van der Waals surface area contributed by atoms with Gasteiger partial charge in [0.15, 0.2) is 0 Å². The number of imide groups is 1. The lowest BCUT2D eigenvalue weighted by Gasteiger charge is -2.46. The van der Waals surface area contributed by atoms with Gasteiger partial charge in [0.05, 0.1) is 6.10 Å². The number of aliphatic hydroxyl groups is 1. The first-order valence-electron chi connectivity index (χ1n) is 15.6. The minimum atomic E-state index is -6.01. The molecule has 2 N–H and O–H groups in total. The summed E-state index contributed by atoms with van der Waals surface area (Å²) in [4.78, 5) is 44.1. The first kappa shape index (κ1) is 36.8. The molecule has 15 heteroatoms. The maximum atomic E-state index is 13.6. The maximum absolute atomic E-state index is 13.6. The molecule has 2 fully saturated rings. The van der Waals surface area contributed by atoms with E-state index in [-0.39, 0.29) is 31.2 Å². The third-order valence-electron chi connectivity index (χ3n) is 8.82. The fourth-order valence-corrected chi connectivity index (χ4v) is 6.26. The lowest BCUT2D eigenvalue weighted by Crippen LogP contribution is -2.60. The number of alkyl halides is 6. The molecule has 0 aromatic heterocycles. The van der Waals surface area contributed by atoms with E-state index in [1.54, 1.807) is 56.9 Å². The van der Waals surface area contributed by atoms with Crippen LogP contribution in [0.5, 0.6) is 5.75 Å². The van der Waals surface area contributed by atoms with Crippen LogP contribution in [-0.2, 0) is 27.1 Å². The summed E-state index contributed by atoms with van der Waals surface area (Å²) in [7, 11) is 0. The Balaban J connectivity index is 1.52. The monoisotopic (exact) mass is 686 g/mol. The minimum Gasteiger partial charge on any atom is -0.491 e. The molecule has 264 valence electrons. The van der Waals surface area contributed by atoms with Crippen LogP contribution < -0.4 is 15.0 Å². The Labute approximate surface area is 274 Å². The Morgan fingerprint density at radius 2 is 1.60 bits per heavy atom. The van der Waals surface area contributed by atoms with Gasteiger partial charge in [-0.1, -0.05) is 37.6 Å². The molecule has 0 radical (unpaired) electrons. The van der Waals surface area contributed by atoms with Gasteiger partial charge in [-0.15, -0.1) is 0 Å². The van der Waals surface area contributed by atoms with Crippen LogP contribution in [0.3, 0.4) is 0 Å². The SMILES string of the molecule is CCCc1cc(C(O)(C(F)(F)F)C(F)(F)F)ccc1N1C[C@H](C)N(C(=O)CN2C(=O)N[C@](C)(c3ccc(OC(C)C)cc3)C2=O)C[C@H]1C. The Bertz CT molecular complexity index is 1520. The number of halogens is 6. The topological polar surface area (TPSA) is 102 Å². The number of amides is 4. The summed E-state index contributed by atoms with van der Waals surface area (Å²) in [6.07, 6.45) is -11.6. The number of anilines is 1. The number of rotatable bonds is 9. The van der Waals surface area contributed by atoms with E-state index in [2.05, 4.69) is 5.32 Å². The van der Waals surface area contributed by atoms with Crippen molar-refractivity contribution in [1.29, 1.82) is 0 Å². The predicted molar refractivity (Wildman–Crippen MR) is 164 cm³/mol. The van der Waals surface area contributed by atoms with Gasteiger partial charge in [-0.05, 0) is 70.4 Å². The zero-order valence-corrected chi connectivity index (χ0v) is 27.5. The third kappa shape index (κ3) is 6.65. The number of benzene rings is 2. The highest BCUT2D eigenvalue weighted by Crippen LogP contribution is 2.50. The van der Waals surface area contributed by atoms with Crippen molar-refractivity contribution >= 4 is 23.5 Å². The second-order valence-corrected chi connectivity index (χ2v) is 12.8. The molecule has 0 saturated carbocycles. The van der Waals surface area contributed by atoms with Crippen LogP contribution in [0.25, 0.3) is 0 Å². The van der Waals surface area contributed by atoms with E-state index in [4.69, 9.17) is 4.74 Å². The van der Waals surface area contributed by atoms with Crippen molar-refractivity contribution in [2.75, 3.05) is 24.5 Å². The molecular formula is C33H40F6N4O5. The summed E-state index contributed by atoms with van der Waals surface area (Å²) in [6, 6.07) is 7.51. The number of aryl methyl sites for hydroxylation is 1. The van der Waals surface area contributed by atoms with E-state index < -0.39 is 65.5 Å². The summed E-state index contributed by atoms with van der Waals surface area (Å²) in [5.74, 6) is -0.531. The van der Waals surface area contributed by atoms with E-state index in [0.29, 0.717) is 29.5 Å². The van der Waals surface area contributed by atoms with Crippen molar-refractivity contribution in [3.8, 4) is 5.75 Å². The Morgan fingerprint density at radius 3 is 2.15 bits per heavy atom. The van der Waals surface area contributed by atoms with Crippen LogP contribution in [0, 0.1) is 0 Å². The van der Waals surface area contributed by atoms with Crippen LogP contribution in [0.1, 0.15) is 64.7 Å². The smallest absolute Gasteiger partial charge is 0.430 e. The fraction of sp³-hybridized carbons (Fsp3) is 0.545. The lowest BCUT2D eigenvalue weighted by atomic mass is 9.89. The molecule has 2 heterocycles. The van der Waals surface area contributed by atoms with Gasteiger partial charge in [0, 0.05) is 36.4 Å². The van der Waals surface area contributed by atoms with Crippen LogP contribution in [0.2, 0.25) is 0 Å². The molecule has 2 saturated heterocycles. The van der Waals surface area contributed by atoms with Gasteiger partial charge < -0.3 is 25.0 Å². The van der Waals surface area contributed by atoms with E-state index in [1.165, 1.54) is 4.90 Å². The first-order valence-corrected chi connectivity index (χ1v) is 15.6. The van der Waals surface area contributed by atoms with Crippen LogP contribution in [0.15, 0.2) is 42.5 Å². The lowest BCUT2D eigenvalue weighted by molar-refractivity contribution is -0.376. The molecule has 2 aliphatic rings. The van der Waals surface area contributed by atoms with Crippen molar-refractivity contribution in [3.05, 3.63) is 59.2 Å². The first-order chi connectivity index (χ1) is 22.1. The molecule has 2 aliphatic heterocycles. The second-order valence-electron chi connectivity index (χ2n) is 12.8. The average molecular weight is 687 g/mol. The number of hydrogen-bond acceptors (Lipinski definition) is 6. The predicted octanol–water partition coefficient (Wildman–Crippen LogP) is 5.63. The molecule has 48 heavy (non-hydrogen) atoms. The molecule has 0 bridgehead atoms. The number of nitrogens with zero attached hydrogens (tertiary/aromatic N) is 3. The minimum absolute atomic E-state index is 0.0604. The molecule has 0 unspecified atom stereocenters. The third-order valence-corrected chi connectivity index (χ3v) is 8.82. The summed E-state index contributed by atoms with van der Waals surface area (Å²) in [6.45, 7) is 10.2. The highest BCUT2D eigenvalue weighted by atomic mass is 19.4. The molecular weight excluding hydrogens is 646 g/mol. The highest BCUT2D eigenvalue weighted by Gasteiger charge is 2.71. The number of nitrogens with one attached hydrogen (secondary N) is 1. The Hall–Kier alpha value is -4.01. The standard InChI is InChI=1S/C33H40F6N4O5/c1-7-8-22-15-24(31(47,32(34,35)36)33(37,38)39)11-14-26(22)41-16-21(5)42(17-20(41)4)27(44)18-43-28(45)30(6,40-29(43)46)23-9-12-25(13-10-23)48-19(2)3/h9-15,19-21,47H,7-8,16-18H2,1-6H3,(H,40,46)/t20-,21+,30-/m1/s1. The number of urea groups is 1. The molecule has 2 aromatic rings. The van der Waals surface area contributed by atoms with E-state index in [1.807, 2.05) is 13.8 Å². The van der Waals surface area contributed by atoms with Gasteiger partial charge in [-0.3, -0.25) is 14.5 Å². The molecule has 9 nitrogen and oxygen atoms in total. The van der Waals surface area contributed by atoms with Crippen LogP contribution in [-0.4, -0.2) is 82.9 Å². The van der Waals surface area contributed by atoms with Crippen molar-refractivity contribution in [2.24, 2.45) is 0 Å². The van der Waals surface area contributed by atoms with Gasteiger partial charge in [-0.25, -0.2) is 4.79 Å². The average Bonchev–Trinajstić information content (AvgIpc) is 3.20. The fourth-order valence-electron chi connectivity index (χ4n) is 6.26. The number of ether oxygens (including phenoxy) is 1. The van der Waals surface area contributed by atoms with Gasteiger partial charge in [0.2, 0.25) is 5.91 Å². The molecule has 0 spiro atoms. The normalized spacial score (nSPS) is 22.4. The number of carbonyl (C=O) groups excluding carboxylic acids is 3. The van der Waals surface area contributed by atoms with Crippen molar-refractivity contribution in [3.63, 3.8) is 0 Å². The van der Waals surface area contributed by atoms with E-state index in [9.17, 15) is 45.8 Å². The molecule has 2 aromatic carbocycles.